The number of aliphatic hydroxyl groups excluding tert-OH is 1. The Morgan fingerprint density at radius 1 is 1.42 bits per heavy atom. The quantitative estimate of drug-likeness (QED) is 0.895. The topological polar surface area (TPSA) is 38.7 Å². The van der Waals surface area contributed by atoms with E-state index in [1.54, 1.807) is 18.4 Å². The molecule has 2 atom stereocenters. The van der Waals surface area contributed by atoms with Crippen molar-refractivity contribution in [1.29, 1.82) is 0 Å². The van der Waals surface area contributed by atoms with E-state index >= 15 is 0 Å². The highest BCUT2D eigenvalue weighted by Gasteiger charge is 2.30. The number of fused-ring (bicyclic) bond motifs is 1. The molecule has 0 saturated heterocycles. The van der Waals surface area contributed by atoms with Gasteiger partial charge in [0.1, 0.15) is 17.6 Å². The largest absolute Gasteiger partial charge is 0.497 e. The Labute approximate surface area is 123 Å². The van der Waals surface area contributed by atoms with Gasteiger partial charge in [-0.25, -0.2) is 0 Å². The summed E-state index contributed by atoms with van der Waals surface area (Å²) in [5, 5.41) is 12.3. The zero-order valence-electron chi connectivity index (χ0n) is 10.3. The summed E-state index contributed by atoms with van der Waals surface area (Å²) < 4.78 is 12.2. The van der Waals surface area contributed by atoms with Crippen LogP contribution in [0.3, 0.4) is 0 Å². The number of hydrogen-bond acceptors (Lipinski definition) is 4. The molecule has 100 valence electrons. The van der Waals surface area contributed by atoms with Gasteiger partial charge in [0, 0.05) is 22.5 Å². The Bertz CT molecular complexity index is 596. The molecule has 3 nitrogen and oxygen atoms in total. The van der Waals surface area contributed by atoms with E-state index in [9.17, 15) is 5.11 Å². The first-order chi connectivity index (χ1) is 9.19. The molecule has 2 aromatic rings. The third-order valence-corrected chi connectivity index (χ3v) is 5.19. The molecule has 0 spiro atoms. The van der Waals surface area contributed by atoms with E-state index in [0.717, 1.165) is 20.7 Å². The first-order valence-corrected chi connectivity index (χ1v) is 7.62. The van der Waals surface area contributed by atoms with E-state index in [4.69, 9.17) is 9.47 Å². The van der Waals surface area contributed by atoms with Crippen LogP contribution in [0.2, 0.25) is 0 Å². The molecule has 1 aromatic carbocycles. The second-order valence-corrected chi connectivity index (χ2v) is 6.20. The molecule has 0 aliphatic carbocycles. The standard InChI is InChI=1S/C14H13BrO3S/c1-17-8-2-3-9-11(16)7-13(18-12(9)6-8)14-10(15)4-5-19-14/h2-6,11,13,16H,7H2,1H3/t11-,13?/m0/s1. The van der Waals surface area contributed by atoms with Crippen LogP contribution in [0, 0.1) is 0 Å². The van der Waals surface area contributed by atoms with E-state index < -0.39 is 6.10 Å². The van der Waals surface area contributed by atoms with Gasteiger partial charge in [-0.1, -0.05) is 0 Å². The zero-order valence-corrected chi connectivity index (χ0v) is 12.7. The fourth-order valence-electron chi connectivity index (χ4n) is 2.25. The number of benzene rings is 1. The fraction of sp³-hybridized carbons (Fsp3) is 0.286. The summed E-state index contributed by atoms with van der Waals surface area (Å²) in [4.78, 5) is 1.10. The van der Waals surface area contributed by atoms with Gasteiger partial charge >= 0.3 is 0 Å². The average molecular weight is 341 g/mol. The number of hydrogen-bond donors (Lipinski definition) is 1. The molecular weight excluding hydrogens is 328 g/mol. The van der Waals surface area contributed by atoms with Crippen molar-refractivity contribution in [2.75, 3.05) is 7.11 Å². The maximum atomic E-state index is 10.3. The van der Waals surface area contributed by atoms with Crippen molar-refractivity contribution in [2.24, 2.45) is 0 Å². The monoisotopic (exact) mass is 340 g/mol. The van der Waals surface area contributed by atoms with E-state index in [-0.39, 0.29) is 6.10 Å². The smallest absolute Gasteiger partial charge is 0.137 e. The van der Waals surface area contributed by atoms with Crippen LogP contribution in [0.4, 0.5) is 0 Å². The lowest BCUT2D eigenvalue weighted by atomic mass is 9.98. The molecule has 1 unspecified atom stereocenters. The van der Waals surface area contributed by atoms with E-state index in [0.29, 0.717) is 12.2 Å². The van der Waals surface area contributed by atoms with Crippen LogP contribution in [0.1, 0.15) is 29.1 Å². The predicted molar refractivity (Wildman–Crippen MR) is 78.0 cm³/mol. The van der Waals surface area contributed by atoms with Gasteiger partial charge in [-0.2, -0.15) is 0 Å². The molecular formula is C14H13BrO3S. The lowest BCUT2D eigenvalue weighted by molar-refractivity contribution is 0.0669. The molecule has 0 amide bonds. The molecule has 0 bridgehead atoms. The van der Waals surface area contributed by atoms with Crippen molar-refractivity contribution in [2.45, 2.75) is 18.6 Å². The summed E-state index contributed by atoms with van der Waals surface area (Å²) in [6.07, 6.45) is -0.0593. The molecule has 1 aliphatic rings. The van der Waals surface area contributed by atoms with Gasteiger partial charge in [-0.05, 0) is 39.5 Å². The summed E-state index contributed by atoms with van der Waals surface area (Å²) in [7, 11) is 1.62. The highest BCUT2D eigenvalue weighted by molar-refractivity contribution is 9.10. The second-order valence-electron chi connectivity index (χ2n) is 4.39. The number of halogens is 1. The molecule has 1 aliphatic heterocycles. The molecule has 1 aromatic heterocycles. The molecule has 0 radical (unpaired) electrons. The highest BCUT2D eigenvalue weighted by Crippen LogP contribution is 2.45. The average Bonchev–Trinajstić information content (AvgIpc) is 2.84. The van der Waals surface area contributed by atoms with E-state index in [1.807, 2.05) is 29.6 Å². The van der Waals surface area contributed by atoms with Gasteiger partial charge in [0.05, 0.1) is 18.1 Å². The minimum Gasteiger partial charge on any atom is -0.497 e. The number of ether oxygens (including phenoxy) is 2. The van der Waals surface area contributed by atoms with Crippen molar-refractivity contribution in [3.05, 3.63) is 44.6 Å². The number of rotatable bonds is 2. The number of thiophene rings is 1. The van der Waals surface area contributed by atoms with Crippen molar-refractivity contribution >= 4 is 27.3 Å². The highest BCUT2D eigenvalue weighted by atomic mass is 79.9. The molecule has 5 heteroatoms. The van der Waals surface area contributed by atoms with E-state index in [1.165, 1.54) is 0 Å². The maximum absolute atomic E-state index is 10.3. The van der Waals surface area contributed by atoms with Gasteiger partial charge < -0.3 is 14.6 Å². The van der Waals surface area contributed by atoms with Gasteiger partial charge in [0.15, 0.2) is 0 Å². The van der Waals surface area contributed by atoms with Crippen LogP contribution in [-0.4, -0.2) is 12.2 Å². The predicted octanol–water partition coefficient (Wildman–Crippen LogP) is 4.08. The zero-order chi connectivity index (χ0) is 13.4. The lowest BCUT2D eigenvalue weighted by Crippen LogP contribution is -2.18. The van der Waals surface area contributed by atoms with Crippen LogP contribution >= 0.6 is 27.3 Å². The maximum Gasteiger partial charge on any atom is 0.137 e. The SMILES string of the molecule is COc1ccc2c(c1)OC(c1sccc1Br)C[C@@H]2O. The molecule has 1 N–H and O–H groups in total. The third-order valence-electron chi connectivity index (χ3n) is 3.22. The van der Waals surface area contributed by atoms with Crippen LogP contribution in [0.25, 0.3) is 0 Å². The number of methoxy groups -OCH3 is 1. The Morgan fingerprint density at radius 3 is 2.95 bits per heavy atom. The molecule has 2 heterocycles. The van der Waals surface area contributed by atoms with Crippen molar-refractivity contribution in [1.82, 2.24) is 0 Å². The van der Waals surface area contributed by atoms with Crippen LogP contribution < -0.4 is 9.47 Å². The van der Waals surface area contributed by atoms with Crippen molar-refractivity contribution in [3.63, 3.8) is 0 Å². The Morgan fingerprint density at radius 2 is 2.26 bits per heavy atom. The minimum absolute atomic E-state index is 0.121. The van der Waals surface area contributed by atoms with Crippen LogP contribution in [-0.2, 0) is 0 Å². The van der Waals surface area contributed by atoms with Gasteiger partial charge in [-0.3, -0.25) is 0 Å². The Balaban J connectivity index is 1.96. The van der Waals surface area contributed by atoms with Crippen molar-refractivity contribution < 1.29 is 14.6 Å². The Kier molecular flexibility index (Phi) is 3.52. The fourth-order valence-corrected chi connectivity index (χ4v) is 3.92. The summed E-state index contributed by atoms with van der Waals surface area (Å²) in [6.45, 7) is 0. The first-order valence-electron chi connectivity index (χ1n) is 5.94. The minimum atomic E-state index is -0.506. The third kappa shape index (κ3) is 2.38. The molecule has 0 fully saturated rings. The normalized spacial score (nSPS) is 21.6. The molecule has 0 saturated carbocycles. The lowest BCUT2D eigenvalue weighted by Gasteiger charge is -2.29. The molecule has 3 rings (SSSR count). The van der Waals surface area contributed by atoms with Gasteiger partial charge in [0.2, 0.25) is 0 Å². The van der Waals surface area contributed by atoms with Crippen molar-refractivity contribution in [3.8, 4) is 11.5 Å². The van der Waals surface area contributed by atoms with E-state index in [2.05, 4.69) is 15.9 Å². The summed E-state index contributed by atoms with van der Waals surface area (Å²) in [6, 6.07) is 7.52. The second kappa shape index (κ2) is 5.15. The van der Waals surface area contributed by atoms with Crippen LogP contribution in [0.15, 0.2) is 34.1 Å². The summed E-state index contributed by atoms with van der Waals surface area (Å²) in [5.41, 5.74) is 0.824. The number of aliphatic hydroxyl groups is 1. The summed E-state index contributed by atoms with van der Waals surface area (Å²) in [5.74, 6) is 1.43. The first kappa shape index (κ1) is 13.0. The molecule has 19 heavy (non-hydrogen) atoms. The van der Waals surface area contributed by atoms with Crippen LogP contribution in [0.5, 0.6) is 11.5 Å². The Hall–Kier alpha value is -1.04. The van der Waals surface area contributed by atoms with Gasteiger partial charge in [0.25, 0.3) is 0 Å². The van der Waals surface area contributed by atoms with Gasteiger partial charge in [-0.15, -0.1) is 11.3 Å². The summed E-state index contributed by atoms with van der Waals surface area (Å²) >= 11 is 5.14.